The summed E-state index contributed by atoms with van der Waals surface area (Å²) in [4.78, 5) is 8.56. The van der Waals surface area contributed by atoms with Crippen molar-refractivity contribution in [2.45, 2.75) is 0 Å². The molecule has 0 rings (SSSR count). The fourth-order valence-electron chi connectivity index (χ4n) is 0. The quantitative estimate of drug-likeness (QED) is 0.673. The van der Waals surface area contributed by atoms with Crippen LogP contribution in [0.25, 0.3) is 0 Å². The fourth-order valence-corrected chi connectivity index (χ4v) is 0. The van der Waals surface area contributed by atoms with E-state index in [0.29, 0.717) is 0 Å². The molecule has 0 aromatic rings. The van der Waals surface area contributed by atoms with E-state index in [1.165, 1.54) is 0 Å². The van der Waals surface area contributed by atoms with Gasteiger partial charge in [-0.05, 0) is 0 Å². The summed E-state index contributed by atoms with van der Waals surface area (Å²) in [7, 11) is 0. The van der Waals surface area contributed by atoms with Crippen LogP contribution in [-0.2, 0) is 0 Å². The van der Waals surface area contributed by atoms with Gasteiger partial charge in [0.2, 0.25) is 0 Å². The topological polar surface area (TPSA) is 57.5 Å². The maximum atomic E-state index is 8.56. The van der Waals surface area contributed by atoms with Crippen molar-refractivity contribution in [3.05, 3.63) is 0 Å². The number of hydrogen-bond donors (Lipinski definition) is 2. The zero-order valence-electron chi connectivity index (χ0n) is 2.12. The molecule has 0 unspecified atom stereocenters. The van der Waals surface area contributed by atoms with E-state index in [2.05, 4.69) is 0 Å². The van der Waals surface area contributed by atoms with Crippen molar-refractivity contribution in [3.8, 4) is 0 Å². The molecule has 0 aliphatic carbocycles. The Morgan fingerprint density at radius 1 is 1.40 bits per heavy atom. The molecular weight excluding hydrogens is 311 g/mol. The van der Waals surface area contributed by atoms with E-state index in [1.54, 1.807) is 0 Å². The second-order valence-electron chi connectivity index (χ2n) is 0.283. The van der Waals surface area contributed by atoms with Crippen molar-refractivity contribution in [1.82, 2.24) is 0 Å². The van der Waals surface area contributed by atoms with Gasteiger partial charge in [-0.1, -0.05) is 0 Å². The molecule has 0 amide bonds. The van der Waals surface area contributed by atoms with Crippen LogP contribution in [0, 0.1) is 0 Å². The van der Waals surface area contributed by atoms with Crippen LogP contribution in [0.3, 0.4) is 0 Å². The molecule has 2 N–H and O–H groups in total. The van der Waals surface area contributed by atoms with Gasteiger partial charge in [-0.25, -0.2) is 4.79 Å². The summed E-state index contributed by atoms with van der Waals surface area (Å²) in [5.41, 5.74) is 0. The maximum Gasteiger partial charge on any atom is 0.503 e. The second kappa shape index (κ2) is 2.27. The molecule has 34 valence electrons. The molecule has 0 heterocycles. The van der Waals surface area contributed by atoms with Crippen LogP contribution in [0.4, 0.5) is 4.79 Å². The van der Waals surface area contributed by atoms with Crippen molar-refractivity contribution in [2.75, 3.05) is 0 Å². The smallest absolute Gasteiger partial charge is 0.450 e. The van der Waals surface area contributed by atoms with E-state index in [4.69, 9.17) is 15.0 Å². The Morgan fingerprint density at radius 2 is 1.40 bits per heavy atom. The summed E-state index contributed by atoms with van der Waals surface area (Å²) in [5.74, 6) is 0. The van der Waals surface area contributed by atoms with Crippen LogP contribution in [0.1, 0.15) is 0 Å². The van der Waals surface area contributed by atoms with Crippen LogP contribution in [-0.4, -0.2) is 16.4 Å². The molecule has 0 radical (unpaired) electrons. The fraction of sp³-hybridized carbons (Fsp3) is 0. The van der Waals surface area contributed by atoms with Crippen LogP contribution >= 0.6 is 0 Å². The molecule has 0 atom stereocenters. The number of carbonyl (C=O) groups is 1. The average molecular weight is 313 g/mol. The van der Waals surface area contributed by atoms with Crippen LogP contribution in [0.5, 0.6) is 0 Å². The number of carboxylic acid groups (broad SMARTS) is 2. The Morgan fingerprint density at radius 3 is 1.40 bits per heavy atom. The summed E-state index contributed by atoms with van der Waals surface area (Å²) in [6.07, 6.45) is -1.83. The molecule has 0 bridgehead atoms. The van der Waals surface area contributed by atoms with Gasteiger partial charge in [0.15, 0.2) is 0 Å². The average Bonchev–Trinajstić information content (AvgIpc) is 0.811. The van der Waals surface area contributed by atoms with Crippen molar-refractivity contribution >= 4 is 6.16 Å². The summed E-state index contributed by atoms with van der Waals surface area (Å²) in [5, 5.41) is 13.9. The molecule has 0 fully saturated rings. The third-order valence-electron chi connectivity index (χ3n) is 0. The third kappa shape index (κ3) is 0.0553. The van der Waals surface area contributed by atoms with Gasteiger partial charge in [0.1, 0.15) is 0 Å². The van der Waals surface area contributed by atoms with Crippen molar-refractivity contribution < 1.29 is 15.0 Å². The normalized spacial score (nSPS) is 4.80. The van der Waals surface area contributed by atoms with Crippen molar-refractivity contribution in [3.63, 3.8) is 0 Å². The Balaban J connectivity index is 0. The van der Waals surface area contributed by atoms with Gasteiger partial charge >= 0.3 is 6.16 Å². The van der Waals surface area contributed by atoms with Gasteiger partial charge in [0.05, 0.1) is 0 Å². The van der Waals surface area contributed by atoms with E-state index in [0.717, 1.165) is 0 Å². The van der Waals surface area contributed by atoms with Gasteiger partial charge < -0.3 is 10.2 Å². The van der Waals surface area contributed by atoms with Gasteiger partial charge in [-0.2, -0.15) is 0 Å². The molecule has 0 aliphatic rings. The minimum Gasteiger partial charge on any atom is -0.450 e. The Hall–Kier alpha value is -1.73. The SMILES string of the molecule is O=C(O)O.[Cf]. The zero-order valence-corrected chi connectivity index (χ0v) is 4.75. The summed E-state index contributed by atoms with van der Waals surface area (Å²) < 4.78 is 0. The second-order valence-corrected chi connectivity index (χ2v) is 0.283. The van der Waals surface area contributed by atoms with E-state index < -0.39 is 6.16 Å². The van der Waals surface area contributed by atoms with Crippen molar-refractivity contribution in [1.29, 1.82) is 0 Å². The van der Waals surface area contributed by atoms with E-state index in [-0.39, 0.29) is 0 Å². The molecule has 0 spiro atoms. The van der Waals surface area contributed by atoms with Gasteiger partial charge in [-0.15, -0.1) is 0 Å². The minimum atomic E-state index is -1.83. The molecule has 0 saturated carbocycles. The predicted molar refractivity (Wildman–Crippen MR) is 10.7 cm³/mol. The van der Waals surface area contributed by atoms with E-state index in [9.17, 15) is 0 Å². The van der Waals surface area contributed by atoms with Crippen LogP contribution in [0.2, 0.25) is 0 Å². The molecule has 0 saturated heterocycles. The number of rotatable bonds is 0. The first-order valence-electron chi connectivity index (χ1n) is 0.651. The molecule has 3 nitrogen and oxygen atoms in total. The van der Waals surface area contributed by atoms with Crippen LogP contribution in [0.15, 0.2) is 0 Å². The van der Waals surface area contributed by atoms with Gasteiger partial charge in [0, 0.05) is 0 Å². The third-order valence-corrected chi connectivity index (χ3v) is 0. The summed E-state index contributed by atoms with van der Waals surface area (Å²) >= 11 is 0. The first-order chi connectivity index (χ1) is 1.73. The molecule has 4 heteroatoms. The van der Waals surface area contributed by atoms with E-state index in [1.807, 2.05) is 0 Å². The van der Waals surface area contributed by atoms with Gasteiger partial charge in [0.25, 0.3) is 0 Å². The first kappa shape index (κ1) is 10.4. The number of hydrogen-bond acceptors (Lipinski definition) is 1. The van der Waals surface area contributed by atoms with Crippen LogP contribution < -0.4 is 0 Å². The standard InChI is InChI=1S/CH2O3.Cf/c2-1(3)4;/h(H2,2,3,4);. The monoisotopic (exact) mass is 311 g/mol. The largest absolute Gasteiger partial charge is 0.503 e. The van der Waals surface area contributed by atoms with Crippen molar-refractivity contribution in [2.24, 2.45) is 0 Å². The molecular formula is CH2CfO3. The minimum absolute atomic E-state index is 0. The maximum absolute atomic E-state index is 8.56. The van der Waals surface area contributed by atoms with Gasteiger partial charge in [-0.3, -0.25) is 0 Å². The summed E-state index contributed by atoms with van der Waals surface area (Å²) in [6, 6.07) is 0. The molecule has 0 aromatic carbocycles. The Labute approximate surface area is 22.5 Å². The Bertz CT molecular complexity index is 29.9. The predicted octanol–water partition coefficient (Wildman–Crippen LogP) is 0.222. The Kier molecular flexibility index (Phi) is 4.74. The molecule has 0 aliphatic heterocycles. The molecule has 5 heavy (non-hydrogen) atoms. The molecule has 0 aromatic heterocycles. The first-order valence-corrected chi connectivity index (χ1v) is 0.651. The van der Waals surface area contributed by atoms with E-state index >= 15 is 0 Å². The zero-order chi connectivity index (χ0) is 3.58. The summed E-state index contributed by atoms with van der Waals surface area (Å²) in [6.45, 7) is 0.